The lowest BCUT2D eigenvalue weighted by Gasteiger charge is -2.06. The Kier molecular flexibility index (Phi) is 3.25. The van der Waals surface area contributed by atoms with Crippen LogP contribution in [-0.4, -0.2) is 22.4 Å². The van der Waals surface area contributed by atoms with Crippen molar-refractivity contribution in [1.29, 1.82) is 0 Å². The summed E-state index contributed by atoms with van der Waals surface area (Å²) in [6.07, 6.45) is -4.66. The van der Waals surface area contributed by atoms with Crippen molar-refractivity contribution in [2.75, 3.05) is 6.61 Å². The fourth-order valence-electron chi connectivity index (χ4n) is 1.25. The topological polar surface area (TPSA) is 44.1 Å². The van der Waals surface area contributed by atoms with Crippen molar-refractivity contribution in [2.24, 2.45) is 7.05 Å². The van der Waals surface area contributed by atoms with E-state index in [1.807, 2.05) is 0 Å². The number of halogens is 3. The molecule has 0 bridgehead atoms. The molecular weight excluding hydrogens is 225 g/mol. The van der Waals surface area contributed by atoms with Gasteiger partial charge in [0.05, 0.1) is 12.3 Å². The molecule has 0 amide bonds. The van der Waals surface area contributed by atoms with E-state index in [1.165, 1.54) is 20.9 Å². The number of hydrogen-bond donors (Lipinski definition) is 0. The predicted molar refractivity (Wildman–Crippen MR) is 48.9 cm³/mol. The molecule has 0 aliphatic carbocycles. The van der Waals surface area contributed by atoms with Crippen molar-refractivity contribution < 1.29 is 22.7 Å². The molecule has 0 radical (unpaired) electrons. The average molecular weight is 236 g/mol. The largest absolute Gasteiger partial charge is 0.462 e. The van der Waals surface area contributed by atoms with Gasteiger partial charge in [-0.3, -0.25) is 4.68 Å². The number of alkyl halides is 3. The Morgan fingerprint density at radius 1 is 1.50 bits per heavy atom. The van der Waals surface area contributed by atoms with Gasteiger partial charge < -0.3 is 4.74 Å². The molecule has 90 valence electrons. The third kappa shape index (κ3) is 2.17. The number of ether oxygens (including phenoxy) is 1. The fourth-order valence-corrected chi connectivity index (χ4v) is 1.25. The van der Waals surface area contributed by atoms with E-state index in [1.54, 1.807) is 0 Å². The van der Waals surface area contributed by atoms with Crippen LogP contribution in [0.25, 0.3) is 0 Å². The van der Waals surface area contributed by atoms with E-state index in [9.17, 15) is 18.0 Å². The number of rotatable bonds is 2. The summed E-state index contributed by atoms with van der Waals surface area (Å²) < 4.78 is 43.3. The average Bonchev–Trinajstić information content (AvgIpc) is 2.43. The summed E-state index contributed by atoms with van der Waals surface area (Å²) in [6.45, 7) is 2.93. The molecule has 4 nitrogen and oxygen atoms in total. The Bertz CT molecular complexity index is 410. The molecule has 0 unspecified atom stereocenters. The number of carbonyl (C=O) groups is 1. The monoisotopic (exact) mass is 236 g/mol. The Morgan fingerprint density at radius 3 is 2.50 bits per heavy atom. The highest BCUT2D eigenvalue weighted by atomic mass is 19.4. The number of esters is 1. The number of hydrogen-bond acceptors (Lipinski definition) is 3. The highest BCUT2D eigenvalue weighted by molar-refractivity contribution is 5.92. The van der Waals surface area contributed by atoms with Gasteiger partial charge in [0.25, 0.3) is 0 Å². The quantitative estimate of drug-likeness (QED) is 0.737. The van der Waals surface area contributed by atoms with Crippen LogP contribution in [0.1, 0.15) is 28.7 Å². The van der Waals surface area contributed by atoms with Crippen LogP contribution in [0.2, 0.25) is 0 Å². The Labute approximate surface area is 90.0 Å². The van der Waals surface area contributed by atoms with E-state index < -0.39 is 23.4 Å². The van der Waals surface area contributed by atoms with Crippen molar-refractivity contribution in [3.63, 3.8) is 0 Å². The third-order valence-electron chi connectivity index (χ3n) is 2.08. The fraction of sp³-hybridized carbons (Fsp3) is 0.556. The predicted octanol–water partition coefficient (Wildman–Crippen LogP) is 1.92. The van der Waals surface area contributed by atoms with Crippen molar-refractivity contribution in [3.8, 4) is 0 Å². The van der Waals surface area contributed by atoms with E-state index in [0.29, 0.717) is 0 Å². The van der Waals surface area contributed by atoms with Gasteiger partial charge in [-0.25, -0.2) is 4.79 Å². The minimum Gasteiger partial charge on any atom is -0.462 e. The smallest absolute Gasteiger partial charge is 0.436 e. The number of aryl methyl sites for hydroxylation is 1. The van der Waals surface area contributed by atoms with Crippen LogP contribution >= 0.6 is 0 Å². The summed E-state index contributed by atoms with van der Waals surface area (Å²) in [5.74, 6) is -1.000. The van der Waals surface area contributed by atoms with Crippen LogP contribution < -0.4 is 0 Å². The Morgan fingerprint density at radius 2 is 2.06 bits per heavy atom. The first-order valence-electron chi connectivity index (χ1n) is 4.57. The van der Waals surface area contributed by atoms with Gasteiger partial charge in [0.1, 0.15) is 5.56 Å². The highest BCUT2D eigenvalue weighted by Gasteiger charge is 2.40. The van der Waals surface area contributed by atoms with Gasteiger partial charge in [0.2, 0.25) is 0 Å². The zero-order valence-corrected chi connectivity index (χ0v) is 9.05. The zero-order chi connectivity index (χ0) is 12.5. The molecule has 0 spiro atoms. The van der Waals surface area contributed by atoms with Crippen LogP contribution in [0.5, 0.6) is 0 Å². The van der Waals surface area contributed by atoms with Gasteiger partial charge in [-0.05, 0) is 13.8 Å². The Balaban J connectivity index is 3.30. The lowest BCUT2D eigenvalue weighted by Crippen LogP contribution is -2.15. The second-order valence-corrected chi connectivity index (χ2v) is 3.15. The molecule has 0 saturated carbocycles. The first kappa shape index (κ1) is 12.5. The third-order valence-corrected chi connectivity index (χ3v) is 2.08. The van der Waals surface area contributed by atoms with Crippen LogP contribution in [-0.2, 0) is 18.0 Å². The standard InChI is InChI=1S/C9H11F3N2O2/c1-4-16-8(15)6-5(2)14(3)13-7(6)9(10,11)12/h4H2,1-3H3. The van der Waals surface area contributed by atoms with Gasteiger partial charge in [-0.2, -0.15) is 18.3 Å². The van der Waals surface area contributed by atoms with E-state index in [-0.39, 0.29) is 12.3 Å². The molecule has 1 aromatic heterocycles. The van der Waals surface area contributed by atoms with Gasteiger partial charge in [-0.15, -0.1) is 0 Å². The van der Waals surface area contributed by atoms with Crippen molar-refractivity contribution in [1.82, 2.24) is 9.78 Å². The molecule has 1 aromatic rings. The maximum absolute atomic E-state index is 12.6. The van der Waals surface area contributed by atoms with Crippen LogP contribution in [0.4, 0.5) is 13.2 Å². The first-order chi connectivity index (χ1) is 7.29. The molecule has 0 aliphatic heterocycles. The molecule has 0 fully saturated rings. The maximum atomic E-state index is 12.6. The number of nitrogens with zero attached hydrogens (tertiary/aromatic N) is 2. The lowest BCUT2D eigenvalue weighted by molar-refractivity contribution is -0.142. The summed E-state index contributed by atoms with van der Waals surface area (Å²) >= 11 is 0. The van der Waals surface area contributed by atoms with Crippen LogP contribution in [0.15, 0.2) is 0 Å². The van der Waals surface area contributed by atoms with Crippen molar-refractivity contribution in [2.45, 2.75) is 20.0 Å². The van der Waals surface area contributed by atoms with Gasteiger partial charge in [0, 0.05) is 7.05 Å². The second kappa shape index (κ2) is 4.15. The van der Waals surface area contributed by atoms with E-state index >= 15 is 0 Å². The molecule has 0 aromatic carbocycles. The summed E-state index contributed by atoms with van der Waals surface area (Å²) in [6, 6.07) is 0. The van der Waals surface area contributed by atoms with E-state index in [4.69, 9.17) is 0 Å². The van der Waals surface area contributed by atoms with Gasteiger partial charge >= 0.3 is 12.1 Å². The normalized spacial score (nSPS) is 11.6. The van der Waals surface area contributed by atoms with Crippen LogP contribution in [0, 0.1) is 6.92 Å². The molecule has 1 heterocycles. The molecule has 7 heteroatoms. The lowest BCUT2D eigenvalue weighted by atomic mass is 10.2. The van der Waals surface area contributed by atoms with E-state index in [0.717, 1.165) is 4.68 Å². The molecule has 0 aliphatic rings. The van der Waals surface area contributed by atoms with Crippen molar-refractivity contribution >= 4 is 5.97 Å². The maximum Gasteiger partial charge on any atom is 0.436 e. The Hall–Kier alpha value is -1.53. The number of aromatic nitrogens is 2. The molecule has 0 saturated heterocycles. The zero-order valence-electron chi connectivity index (χ0n) is 9.05. The van der Waals surface area contributed by atoms with Gasteiger partial charge in [0.15, 0.2) is 5.69 Å². The minimum atomic E-state index is -4.66. The summed E-state index contributed by atoms with van der Waals surface area (Å²) in [5.41, 5.74) is -1.59. The first-order valence-corrected chi connectivity index (χ1v) is 4.57. The molecule has 16 heavy (non-hydrogen) atoms. The number of carbonyl (C=O) groups excluding carboxylic acids is 1. The highest BCUT2D eigenvalue weighted by Crippen LogP contribution is 2.32. The SMILES string of the molecule is CCOC(=O)c1c(C(F)(F)F)nn(C)c1C. The summed E-state index contributed by atoms with van der Waals surface area (Å²) in [5, 5.41) is 3.28. The molecule has 0 atom stereocenters. The van der Waals surface area contributed by atoms with Gasteiger partial charge in [-0.1, -0.05) is 0 Å². The second-order valence-electron chi connectivity index (χ2n) is 3.15. The summed E-state index contributed by atoms with van der Waals surface area (Å²) in [4.78, 5) is 11.4. The van der Waals surface area contributed by atoms with Crippen molar-refractivity contribution in [3.05, 3.63) is 17.0 Å². The molecule has 0 N–H and O–H groups in total. The summed E-state index contributed by atoms with van der Waals surface area (Å²) in [7, 11) is 1.34. The molecular formula is C9H11F3N2O2. The van der Waals surface area contributed by atoms with E-state index in [2.05, 4.69) is 9.84 Å². The molecule has 1 rings (SSSR count). The minimum absolute atomic E-state index is 0.0183. The van der Waals surface area contributed by atoms with Crippen LogP contribution in [0.3, 0.4) is 0 Å².